The van der Waals surface area contributed by atoms with Crippen molar-refractivity contribution >= 4 is 11.8 Å². The van der Waals surface area contributed by atoms with Gasteiger partial charge in [0, 0.05) is 25.2 Å². The van der Waals surface area contributed by atoms with Crippen LogP contribution < -0.4 is 10.6 Å². The second kappa shape index (κ2) is 8.67. The van der Waals surface area contributed by atoms with Gasteiger partial charge in [-0.1, -0.05) is 25.1 Å². The lowest BCUT2D eigenvalue weighted by atomic mass is 10.0. The lowest BCUT2D eigenvalue weighted by molar-refractivity contribution is -0.120. The third-order valence-corrected chi connectivity index (χ3v) is 4.29. The normalized spacial score (nSPS) is 18.4. The van der Waals surface area contributed by atoms with E-state index < -0.39 is 0 Å². The molecule has 1 aromatic rings. The molecule has 1 atom stereocenters. The topological polar surface area (TPSA) is 61.4 Å². The van der Waals surface area contributed by atoms with Gasteiger partial charge in [-0.25, -0.2) is 0 Å². The molecule has 0 radical (unpaired) electrons. The van der Waals surface area contributed by atoms with E-state index in [9.17, 15) is 9.59 Å². The Morgan fingerprint density at radius 1 is 1.26 bits per heavy atom. The minimum atomic E-state index is -0.205. The highest BCUT2D eigenvalue weighted by atomic mass is 16.2. The van der Waals surface area contributed by atoms with E-state index in [1.165, 1.54) is 12.8 Å². The number of nitrogens with one attached hydrogen (secondary N) is 2. The number of piperidine rings is 1. The molecule has 126 valence electrons. The van der Waals surface area contributed by atoms with Crippen molar-refractivity contribution < 1.29 is 9.59 Å². The minimum Gasteiger partial charge on any atom is -0.353 e. The first kappa shape index (κ1) is 17.5. The summed E-state index contributed by atoms with van der Waals surface area (Å²) in [5.41, 5.74) is 1.52. The van der Waals surface area contributed by atoms with Crippen LogP contribution in [-0.2, 0) is 4.79 Å². The summed E-state index contributed by atoms with van der Waals surface area (Å²) in [7, 11) is 0. The molecular weight excluding hydrogens is 290 g/mol. The summed E-state index contributed by atoms with van der Waals surface area (Å²) >= 11 is 0. The molecule has 1 aliphatic heterocycles. The maximum absolute atomic E-state index is 12.0. The second-order valence-corrected chi connectivity index (χ2v) is 6.40. The van der Waals surface area contributed by atoms with Gasteiger partial charge in [0.25, 0.3) is 5.91 Å². The largest absolute Gasteiger partial charge is 0.353 e. The lowest BCUT2D eigenvalue weighted by Crippen LogP contribution is -2.42. The molecule has 1 aliphatic rings. The highest BCUT2D eigenvalue weighted by Crippen LogP contribution is 2.14. The van der Waals surface area contributed by atoms with Crippen molar-refractivity contribution in [3.05, 3.63) is 35.4 Å². The first-order chi connectivity index (χ1) is 11.1. The third kappa shape index (κ3) is 5.67. The van der Waals surface area contributed by atoms with E-state index >= 15 is 0 Å². The van der Waals surface area contributed by atoms with Gasteiger partial charge in [0.1, 0.15) is 0 Å². The second-order valence-electron chi connectivity index (χ2n) is 6.40. The summed E-state index contributed by atoms with van der Waals surface area (Å²) in [4.78, 5) is 26.2. The van der Waals surface area contributed by atoms with Crippen LogP contribution in [0.3, 0.4) is 0 Å². The van der Waals surface area contributed by atoms with Crippen LogP contribution >= 0.6 is 0 Å². The smallest absolute Gasteiger partial charge is 0.251 e. The predicted octanol–water partition coefficient (Wildman–Crippen LogP) is 1.57. The number of likely N-dealkylation sites (tertiary alicyclic amines) is 1. The molecule has 23 heavy (non-hydrogen) atoms. The zero-order valence-corrected chi connectivity index (χ0v) is 14.1. The summed E-state index contributed by atoms with van der Waals surface area (Å²) in [6, 6.07) is 7.36. The van der Waals surface area contributed by atoms with Gasteiger partial charge in [-0.2, -0.15) is 0 Å². The highest BCUT2D eigenvalue weighted by Gasteiger charge is 2.16. The van der Waals surface area contributed by atoms with Crippen LogP contribution in [0.2, 0.25) is 0 Å². The molecule has 0 aliphatic carbocycles. The van der Waals surface area contributed by atoms with Crippen molar-refractivity contribution in [2.24, 2.45) is 5.92 Å². The van der Waals surface area contributed by atoms with Gasteiger partial charge in [-0.3, -0.25) is 9.59 Å². The van der Waals surface area contributed by atoms with Crippen molar-refractivity contribution in [2.75, 3.05) is 32.7 Å². The summed E-state index contributed by atoms with van der Waals surface area (Å²) in [5, 5.41) is 5.54. The number of nitrogens with zero attached hydrogens (tertiary/aromatic N) is 1. The standard InChI is InChI=1S/C18H27N3O2/c1-14-6-5-10-21(13-14)11-9-19-17(22)12-20-18(23)16-8-4-3-7-15(16)2/h3-4,7-8,14H,5-6,9-13H2,1-2H3,(H,19,22)(H,20,23). The van der Waals surface area contributed by atoms with E-state index in [-0.39, 0.29) is 18.4 Å². The lowest BCUT2D eigenvalue weighted by Gasteiger charge is -2.30. The van der Waals surface area contributed by atoms with Crippen molar-refractivity contribution in [3.63, 3.8) is 0 Å². The fourth-order valence-electron chi connectivity index (χ4n) is 2.99. The van der Waals surface area contributed by atoms with E-state index in [1.807, 2.05) is 25.1 Å². The van der Waals surface area contributed by atoms with E-state index in [4.69, 9.17) is 0 Å². The third-order valence-electron chi connectivity index (χ3n) is 4.29. The zero-order chi connectivity index (χ0) is 16.7. The van der Waals surface area contributed by atoms with Crippen LogP contribution in [0.1, 0.15) is 35.7 Å². The highest BCUT2D eigenvalue weighted by molar-refractivity contribution is 5.97. The van der Waals surface area contributed by atoms with Crippen molar-refractivity contribution in [3.8, 4) is 0 Å². The van der Waals surface area contributed by atoms with Crippen LogP contribution in [-0.4, -0.2) is 49.4 Å². The maximum atomic E-state index is 12.0. The van der Waals surface area contributed by atoms with Crippen LogP contribution in [0.4, 0.5) is 0 Å². The number of carbonyl (C=O) groups is 2. The van der Waals surface area contributed by atoms with Gasteiger partial charge in [-0.15, -0.1) is 0 Å². The minimum absolute atomic E-state index is 0.0174. The molecule has 1 unspecified atom stereocenters. The van der Waals surface area contributed by atoms with Gasteiger partial charge < -0.3 is 15.5 Å². The van der Waals surface area contributed by atoms with Gasteiger partial charge in [-0.05, 0) is 43.9 Å². The Morgan fingerprint density at radius 2 is 2.04 bits per heavy atom. The number of aryl methyl sites for hydroxylation is 1. The molecule has 1 fully saturated rings. The predicted molar refractivity (Wildman–Crippen MR) is 91.4 cm³/mol. The molecule has 1 aromatic carbocycles. The van der Waals surface area contributed by atoms with Gasteiger partial charge >= 0.3 is 0 Å². The first-order valence-electron chi connectivity index (χ1n) is 8.39. The van der Waals surface area contributed by atoms with Crippen LogP contribution in [0.15, 0.2) is 24.3 Å². The van der Waals surface area contributed by atoms with E-state index in [2.05, 4.69) is 22.5 Å². The summed E-state index contributed by atoms with van der Waals surface area (Å²) in [6.45, 7) is 7.90. The first-order valence-corrected chi connectivity index (χ1v) is 8.39. The van der Waals surface area contributed by atoms with Crippen molar-refractivity contribution in [2.45, 2.75) is 26.7 Å². The van der Waals surface area contributed by atoms with E-state index in [0.29, 0.717) is 12.1 Å². The molecule has 1 saturated heterocycles. The fraction of sp³-hybridized carbons (Fsp3) is 0.556. The molecule has 2 rings (SSSR count). The number of benzene rings is 1. The monoisotopic (exact) mass is 317 g/mol. The number of carbonyl (C=O) groups excluding carboxylic acids is 2. The fourth-order valence-corrected chi connectivity index (χ4v) is 2.99. The number of amides is 2. The van der Waals surface area contributed by atoms with Crippen molar-refractivity contribution in [1.29, 1.82) is 0 Å². The van der Waals surface area contributed by atoms with Gasteiger partial charge in [0.15, 0.2) is 0 Å². The van der Waals surface area contributed by atoms with Gasteiger partial charge in [0.05, 0.1) is 6.54 Å². The molecule has 5 nitrogen and oxygen atoms in total. The summed E-state index contributed by atoms with van der Waals surface area (Å²) in [6.07, 6.45) is 2.54. The number of hydrogen-bond acceptors (Lipinski definition) is 3. The number of hydrogen-bond donors (Lipinski definition) is 2. The molecule has 0 bridgehead atoms. The average Bonchev–Trinajstić information content (AvgIpc) is 2.53. The molecule has 0 spiro atoms. The SMILES string of the molecule is Cc1ccccc1C(=O)NCC(=O)NCCN1CCCC(C)C1. The zero-order valence-electron chi connectivity index (χ0n) is 14.1. The van der Waals surface area contributed by atoms with Crippen LogP contribution in [0.25, 0.3) is 0 Å². The van der Waals surface area contributed by atoms with E-state index in [0.717, 1.165) is 31.1 Å². The summed E-state index contributed by atoms with van der Waals surface area (Å²) in [5.74, 6) is 0.396. The maximum Gasteiger partial charge on any atom is 0.251 e. The molecule has 2 N–H and O–H groups in total. The van der Waals surface area contributed by atoms with Crippen LogP contribution in [0, 0.1) is 12.8 Å². The Balaban J connectivity index is 1.65. The molecule has 2 amide bonds. The Kier molecular flexibility index (Phi) is 6.59. The van der Waals surface area contributed by atoms with E-state index in [1.54, 1.807) is 6.07 Å². The Labute approximate surface area is 138 Å². The number of rotatable bonds is 6. The molecule has 0 saturated carbocycles. The quantitative estimate of drug-likeness (QED) is 0.837. The Bertz CT molecular complexity index is 545. The Morgan fingerprint density at radius 3 is 2.78 bits per heavy atom. The van der Waals surface area contributed by atoms with Crippen LogP contribution in [0.5, 0.6) is 0 Å². The molecule has 5 heteroatoms. The average molecular weight is 317 g/mol. The summed E-state index contributed by atoms with van der Waals surface area (Å²) < 4.78 is 0. The van der Waals surface area contributed by atoms with Crippen molar-refractivity contribution in [1.82, 2.24) is 15.5 Å². The van der Waals surface area contributed by atoms with Gasteiger partial charge in [0.2, 0.25) is 5.91 Å². The Hall–Kier alpha value is -1.88. The molecule has 1 heterocycles. The molecular formula is C18H27N3O2. The molecule has 0 aromatic heterocycles.